The summed E-state index contributed by atoms with van der Waals surface area (Å²) in [5.41, 5.74) is 2.22. The van der Waals surface area contributed by atoms with E-state index >= 15 is 0 Å². The van der Waals surface area contributed by atoms with Gasteiger partial charge in [-0.25, -0.2) is 4.98 Å². The number of thioether (sulfide) groups is 1. The van der Waals surface area contributed by atoms with Crippen molar-refractivity contribution < 1.29 is 4.79 Å². The Kier molecular flexibility index (Phi) is 3.70. The predicted octanol–water partition coefficient (Wildman–Crippen LogP) is 3.91. The second-order valence-corrected chi connectivity index (χ2v) is 8.00. The third kappa shape index (κ3) is 2.68. The molecule has 1 aromatic heterocycles. The number of fused-ring (bicyclic) bond motifs is 1. The molecule has 1 aliphatic carbocycles. The Morgan fingerprint density at radius 1 is 1.36 bits per heavy atom. The van der Waals surface area contributed by atoms with E-state index in [1.165, 1.54) is 23.3 Å². The molecule has 0 spiro atoms. The van der Waals surface area contributed by atoms with Crippen molar-refractivity contribution in [3.8, 4) is 0 Å². The minimum atomic E-state index is -0.0245. The van der Waals surface area contributed by atoms with Gasteiger partial charge in [0.15, 0.2) is 0 Å². The molecule has 1 aliphatic heterocycles. The second-order valence-electron chi connectivity index (χ2n) is 6.05. The van der Waals surface area contributed by atoms with Gasteiger partial charge in [0.25, 0.3) is 0 Å². The number of aryl methyl sites for hydroxylation is 1. The Hall–Kier alpha value is -1.33. The molecular weight excluding hydrogens is 312 g/mol. The number of carbonyl (C=O) groups is 1. The Morgan fingerprint density at radius 2 is 2.18 bits per heavy atom. The number of nitrogens with zero attached hydrogens (tertiary/aromatic N) is 1. The summed E-state index contributed by atoms with van der Waals surface area (Å²) in [5, 5.41) is 6.42. The van der Waals surface area contributed by atoms with Gasteiger partial charge < -0.3 is 5.32 Å². The van der Waals surface area contributed by atoms with Crippen LogP contribution in [0.2, 0.25) is 0 Å². The maximum atomic E-state index is 12.8. The van der Waals surface area contributed by atoms with Crippen molar-refractivity contribution in [1.29, 1.82) is 0 Å². The van der Waals surface area contributed by atoms with Gasteiger partial charge in [0.05, 0.1) is 12.0 Å². The zero-order valence-corrected chi connectivity index (χ0v) is 14.0. The standard InChI is InChI=1S/C17H18N2OS2/c1-10-8-22-17(18-10)15(11-6-7-11)19-16(20)13-9-21-14-5-3-2-4-12(13)14/h2-5,8,11,13,15H,6-7,9H2,1H3,(H,19,20)/t13-,15+/m1/s1. The number of hydrogen-bond acceptors (Lipinski definition) is 4. The molecular formula is C17H18N2OS2. The molecule has 0 unspecified atom stereocenters. The Balaban J connectivity index is 1.53. The number of carbonyl (C=O) groups excluding carboxylic acids is 1. The fourth-order valence-electron chi connectivity index (χ4n) is 2.96. The van der Waals surface area contributed by atoms with Crippen LogP contribution in [0.4, 0.5) is 0 Å². The Morgan fingerprint density at radius 3 is 2.91 bits per heavy atom. The van der Waals surface area contributed by atoms with Crippen LogP contribution < -0.4 is 5.32 Å². The van der Waals surface area contributed by atoms with Crippen LogP contribution in [0.1, 0.15) is 41.1 Å². The average molecular weight is 330 g/mol. The van der Waals surface area contributed by atoms with Crippen LogP contribution >= 0.6 is 23.1 Å². The van der Waals surface area contributed by atoms with Crippen LogP contribution in [0.3, 0.4) is 0 Å². The highest BCUT2D eigenvalue weighted by molar-refractivity contribution is 7.99. The SMILES string of the molecule is Cc1csc([C@@H](NC(=O)[C@@H]2CSc3ccccc32)C2CC2)n1. The summed E-state index contributed by atoms with van der Waals surface area (Å²) in [4.78, 5) is 18.6. The number of thiazole rings is 1. The molecule has 0 radical (unpaired) electrons. The highest BCUT2D eigenvalue weighted by Crippen LogP contribution is 2.44. The van der Waals surface area contributed by atoms with Gasteiger partial charge in [0, 0.05) is 21.7 Å². The van der Waals surface area contributed by atoms with Crippen molar-refractivity contribution in [2.45, 2.75) is 36.6 Å². The van der Waals surface area contributed by atoms with Crippen molar-refractivity contribution in [1.82, 2.24) is 10.3 Å². The van der Waals surface area contributed by atoms with Gasteiger partial charge in [0.1, 0.15) is 5.01 Å². The fourth-order valence-corrected chi connectivity index (χ4v) is 5.13. The van der Waals surface area contributed by atoms with Crippen LogP contribution in [0.25, 0.3) is 0 Å². The van der Waals surface area contributed by atoms with E-state index in [1.807, 2.05) is 19.1 Å². The van der Waals surface area contributed by atoms with Gasteiger partial charge in [-0.1, -0.05) is 18.2 Å². The number of benzene rings is 1. The summed E-state index contributed by atoms with van der Waals surface area (Å²) < 4.78 is 0. The molecule has 114 valence electrons. The number of nitrogens with one attached hydrogen (secondary N) is 1. The average Bonchev–Trinajstić information content (AvgIpc) is 3.12. The van der Waals surface area contributed by atoms with E-state index in [4.69, 9.17) is 0 Å². The van der Waals surface area contributed by atoms with E-state index in [1.54, 1.807) is 23.1 Å². The van der Waals surface area contributed by atoms with Crippen LogP contribution in [-0.4, -0.2) is 16.6 Å². The lowest BCUT2D eigenvalue weighted by Crippen LogP contribution is -2.34. The molecule has 22 heavy (non-hydrogen) atoms. The van der Waals surface area contributed by atoms with Crippen LogP contribution in [0, 0.1) is 12.8 Å². The summed E-state index contributed by atoms with van der Waals surface area (Å²) in [7, 11) is 0. The highest BCUT2D eigenvalue weighted by Gasteiger charge is 2.37. The van der Waals surface area contributed by atoms with Gasteiger partial charge in [0.2, 0.25) is 5.91 Å². The number of aromatic nitrogens is 1. The summed E-state index contributed by atoms with van der Waals surface area (Å²) >= 11 is 3.45. The van der Waals surface area contributed by atoms with E-state index in [0.29, 0.717) is 5.92 Å². The molecule has 1 N–H and O–H groups in total. The molecule has 0 bridgehead atoms. The highest BCUT2D eigenvalue weighted by atomic mass is 32.2. The first-order chi connectivity index (χ1) is 10.7. The first-order valence-corrected chi connectivity index (χ1v) is 9.53. The normalized spacial score (nSPS) is 21.4. The number of amides is 1. The molecule has 1 saturated carbocycles. The fraction of sp³-hybridized carbons (Fsp3) is 0.412. The summed E-state index contributed by atoms with van der Waals surface area (Å²) in [5.74, 6) is 1.55. The molecule has 3 nitrogen and oxygen atoms in total. The molecule has 1 fully saturated rings. The third-order valence-corrected chi connectivity index (χ3v) is 6.54. The molecule has 2 aromatic rings. The van der Waals surface area contributed by atoms with Crippen molar-refractivity contribution >= 4 is 29.0 Å². The molecule has 1 aromatic carbocycles. The lowest BCUT2D eigenvalue weighted by molar-refractivity contribution is -0.123. The zero-order valence-electron chi connectivity index (χ0n) is 12.4. The Bertz CT molecular complexity index is 708. The summed E-state index contributed by atoms with van der Waals surface area (Å²) in [6, 6.07) is 8.35. The van der Waals surface area contributed by atoms with Crippen LogP contribution in [0.15, 0.2) is 34.5 Å². The maximum Gasteiger partial charge on any atom is 0.229 e. The lowest BCUT2D eigenvalue weighted by atomic mass is 10.00. The Labute approximate surface area is 138 Å². The topological polar surface area (TPSA) is 42.0 Å². The maximum absolute atomic E-state index is 12.8. The van der Waals surface area contributed by atoms with Gasteiger partial charge in [-0.15, -0.1) is 23.1 Å². The van der Waals surface area contributed by atoms with Gasteiger partial charge in [-0.3, -0.25) is 4.79 Å². The first-order valence-electron chi connectivity index (χ1n) is 7.66. The largest absolute Gasteiger partial charge is 0.346 e. The van der Waals surface area contributed by atoms with E-state index in [9.17, 15) is 4.79 Å². The zero-order chi connectivity index (χ0) is 15.1. The van der Waals surface area contributed by atoms with E-state index in [0.717, 1.165) is 16.5 Å². The number of hydrogen-bond donors (Lipinski definition) is 1. The lowest BCUT2D eigenvalue weighted by Gasteiger charge is -2.19. The third-order valence-electron chi connectivity index (χ3n) is 4.31. The molecule has 1 amide bonds. The van der Waals surface area contributed by atoms with Gasteiger partial charge in [-0.05, 0) is 37.3 Å². The monoisotopic (exact) mass is 330 g/mol. The van der Waals surface area contributed by atoms with Crippen molar-refractivity contribution in [2.24, 2.45) is 5.92 Å². The molecule has 4 rings (SSSR count). The first kappa shape index (κ1) is 14.3. The summed E-state index contributed by atoms with van der Waals surface area (Å²) in [6.07, 6.45) is 2.39. The minimum absolute atomic E-state index is 0.0245. The van der Waals surface area contributed by atoms with E-state index in [-0.39, 0.29) is 17.9 Å². The molecule has 0 saturated heterocycles. The van der Waals surface area contributed by atoms with Crippen LogP contribution in [0.5, 0.6) is 0 Å². The van der Waals surface area contributed by atoms with Gasteiger partial charge in [-0.2, -0.15) is 0 Å². The smallest absolute Gasteiger partial charge is 0.229 e. The predicted molar refractivity (Wildman–Crippen MR) is 90.4 cm³/mol. The van der Waals surface area contributed by atoms with Crippen molar-refractivity contribution in [3.63, 3.8) is 0 Å². The quantitative estimate of drug-likeness (QED) is 0.924. The molecule has 2 atom stereocenters. The molecule has 2 heterocycles. The van der Waals surface area contributed by atoms with Crippen molar-refractivity contribution in [2.75, 3.05) is 5.75 Å². The molecule has 2 aliphatic rings. The minimum Gasteiger partial charge on any atom is -0.346 e. The molecule has 5 heteroatoms. The second kappa shape index (κ2) is 5.70. The van der Waals surface area contributed by atoms with E-state index in [2.05, 4.69) is 27.8 Å². The van der Waals surface area contributed by atoms with E-state index < -0.39 is 0 Å². The van der Waals surface area contributed by atoms with Crippen molar-refractivity contribution in [3.05, 3.63) is 45.9 Å². The van der Waals surface area contributed by atoms with Crippen LogP contribution in [-0.2, 0) is 4.79 Å². The van der Waals surface area contributed by atoms with Gasteiger partial charge >= 0.3 is 0 Å². The number of rotatable bonds is 4. The summed E-state index contributed by atoms with van der Waals surface area (Å²) in [6.45, 7) is 2.01.